The van der Waals surface area contributed by atoms with Crippen LogP contribution in [0.1, 0.15) is 94.1 Å². The van der Waals surface area contributed by atoms with E-state index >= 15 is 0 Å². The molecule has 50 heavy (non-hydrogen) atoms. The third-order valence-electron chi connectivity index (χ3n) is 8.01. The van der Waals surface area contributed by atoms with Gasteiger partial charge in [-0.05, 0) is 67.8 Å². The van der Waals surface area contributed by atoms with Crippen molar-refractivity contribution in [3.05, 3.63) is 95.6 Å². The predicted molar refractivity (Wildman–Crippen MR) is 192 cm³/mol. The van der Waals surface area contributed by atoms with E-state index in [-0.39, 0.29) is 50.6 Å². The molecule has 0 bridgehead atoms. The van der Waals surface area contributed by atoms with Crippen LogP contribution in [0.5, 0.6) is 11.5 Å². The number of rotatable bonds is 19. The number of hydrogen-bond acceptors (Lipinski definition) is 10. The maximum absolute atomic E-state index is 13.0. The molecular formula is C40H49NO9. The molecular weight excluding hydrogens is 638 g/mol. The molecule has 268 valence electrons. The third-order valence-corrected chi connectivity index (χ3v) is 8.01. The summed E-state index contributed by atoms with van der Waals surface area (Å²) in [6, 6.07) is 11.7. The Labute approximate surface area is 294 Å². The minimum absolute atomic E-state index is 0.0341. The number of aliphatic imine (C=N–C) groups is 1. The molecule has 1 aliphatic rings. The molecule has 1 aliphatic carbocycles. The Morgan fingerprint density at radius 1 is 0.880 bits per heavy atom. The molecule has 10 heteroatoms. The van der Waals surface area contributed by atoms with E-state index in [0.717, 1.165) is 35.3 Å². The van der Waals surface area contributed by atoms with E-state index < -0.39 is 23.3 Å². The number of esters is 3. The highest BCUT2D eigenvalue weighted by Gasteiger charge is 2.26. The molecule has 0 spiro atoms. The lowest BCUT2D eigenvalue weighted by Crippen LogP contribution is -2.30. The number of carbonyl (C=O) groups is 4. The molecule has 0 radical (unpaired) electrons. The molecule has 0 aliphatic heterocycles. The smallest absolute Gasteiger partial charge is 0.311 e. The first-order valence-electron chi connectivity index (χ1n) is 17.1. The number of hydrogen-bond donors (Lipinski definition) is 1. The molecule has 1 N–H and O–H groups in total. The Morgan fingerprint density at radius 3 is 2.22 bits per heavy atom. The summed E-state index contributed by atoms with van der Waals surface area (Å²) in [7, 11) is 0. The average Bonchev–Trinajstić information content (AvgIpc) is 3.09. The van der Waals surface area contributed by atoms with Crippen LogP contribution >= 0.6 is 0 Å². The molecule has 10 nitrogen and oxygen atoms in total. The predicted octanol–water partition coefficient (Wildman–Crippen LogP) is 6.84. The number of ether oxygens (including phenoxy) is 4. The summed E-state index contributed by atoms with van der Waals surface area (Å²) in [4.78, 5) is 54.2. The fraction of sp³-hybridized carbons (Fsp3) is 0.425. The van der Waals surface area contributed by atoms with Crippen LogP contribution < -0.4 is 9.47 Å². The van der Waals surface area contributed by atoms with E-state index in [1.54, 1.807) is 37.3 Å². The van der Waals surface area contributed by atoms with Crippen molar-refractivity contribution in [1.82, 2.24) is 0 Å². The summed E-state index contributed by atoms with van der Waals surface area (Å²) in [6.45, 7) is 13.1. The van der Waals surface area contributed by atoms with Crippen molar-refractivity contribution in [2.24, 2.45) is 4.99 Å². The van der Waals surface area contributed by atoms with Gasteiger partial charge in [0, 0.05) is 29.9 Å². The van der Waals surface area contributed by atoms with E-state index in [2.05, 4.69) is 13.5 Å². The Kier molecular flexibility index (Phi) is 15.4. The van der Waals surface area contributed by atoms with Gasteiger partial charge in [-0.2, -0.15) is 0 Å². The highest BCUT2D eigenvalue weighted by molar-refractivity contribution is 6.11. The standard InChI is InChI=1S/C40H49NO9/c1-7-11-34(41-33-13-10-9-12-27(33)3)28(4)32-26-29(22-23-48-36(42)8-2)14-19-35(32)50-38(44)21-20-37(43)49-25-24-47-31-17-15-30(16-18-31)39(45)40(5,6)46/h9-10,12-19,26,28,34,46H,3,7-8,11,20-25H2,1-2,4-6H3. The SMILES string of the molecule is C=C1C=CC=CC1=NC(CCC)C(C)c1cc(CCOC(=O)CC)ccc1OC(=O)CCC(=O)OCCOc1ccc(C(=O)C(C)(C)O)cc1. The number of allylic oxidation sites excluding steroid dienone is 5. The van der Waals surface area contributed by atoms with Gasteiger partial charge < -0.3 is 24.1 Å². The Hall–Kier alpha value is -4.83. The Morgan fingerprint density at radius 2 is 1.56 bits per heavy atom. The van der Waals surface area contributed by atoms with Crippen molar-refractivity contribution in [2.75, 3.05) is 19.8 Å². The van der Waals surface area contributed by atoms with Crippen LogP contribution in [-0.4, -0.2) is 66.0 Å². The number of carbonyl (C=O) groups excluding carboxylic acids is 4. The molecule has 0 saturated heterocycles. The van der Waals surface area contributed by atoms with E-state index in [4.69, 9.17) is 23.9 Å². The maximum Gasteiger partial charge on any atom is 0.311 e. The van der Waals surface area contributed by atoms with Crippen molar-refractivity contribution in [3.63, 3.8) is 0 Å². The van der Waals surface area contributed by atoms with Gasteiger partial charge in [-0.25, -0.2) is 0 Å². The number of Topliss-reactive ketones (excluding diaryl/α,β-unsaturated/α-hetero) is 1. The van der Waals surface area contributed by atoms with Gasteiger partial charge in [-0.15, -0.1) is 0 Å². The van der Waals surface area contributed by atoms with E-state index in [0.29, 0.717) is 29.9 Å². The largest absolute Gasteiger partial charge is 0.490 e. The van der Waals surface area contributed by atoms with Gasteiger partial charge in [0.2, 0.25) is 0 Å². The lowest BCUT2D eigenvalue weighted by molar-refractivity contribution is -0.147. The van der Waals surface area contributed by atoms with Crippen molar-refractivity contribution in [1.29, 1.82) is 0 Å². The quantitative estimate of drug-likeness (QED) is 0.0728. The molecule has 2 aromatic carbocycles. The average molecular weight is 688 g/mol. The van der Waals surface area contributed by atoms with Crippen molar-refractivity contribution < 1.29 is 43.2 Å². The zero-order chi connectivity index (χ0) is 36.7. The van der Waals surface area contributed by atoms with Crippen LogP contribution in [0.25, 0.3) is 0 Å². The highest BCUT2D eigenvalue weighted by atomic mass is 16.6. The first-order valence-corrected chi connectivity index (χ1v) is 17.1. The fourth-order valence-electron chi connectivity index (χ4n) is 5.15. The normalized spacial score (nSPS) is 14.6. The van der Waals surface area contributed by atoms with Crippen LogP contribution in [0.15, 0.2) is 83.9 Å². The van der Waals surface area contributed by atoms with Crippen molar-refractivity contribution >= 4 is 29.4 Å². The minimum Gasteiger partial charge on any atom is -0.490 e. The first-order chi connectivity index (χ1) is 23.8. The second-order valence-electron chi connectivity index (χ2n) is 12.6. The highest BCUT2D eigenvalue weighted by Crippen LogP contribution is 2.34. The monoisotopic (exact) mass is 687 g/mol. The van der Waals surface area contributed by atoms with Crippen LogP contribution in [0.3, 0.4) is 0 Å². The lowest BCUT2D eigenvalue weighted by Gasteiger charge is -2.24. The maximum atomic E-state index is 13.0. The molecule has 3 rings (SSSR count). The zero-order valence-corrected chi connectivity index (χ0v) is 29.7. The lowest BCUT2D eigenvalue weighted by atomic mass is 9.88. The van der Waals surface area contributed by atoms with E-state index in [1.165, 1.54) is 13.8 Å². The summed E-state index contributed by atoms with van der Waals surface area (Å²) >= 11 is 0. The van der Waals surface area contributed by atoms with Gasteiger partial charge in [-0.1, -0.05) is 64.1 Å². The van der Waals surface area contributed by atoms with Gasteiger partial charge in [0.25, 0.3) is 0 Å². The number of ketones is 1. The second-order valence-corrected chi connectivity index (χ2v) is 12.6. The first kappa shape index (κ1) is 39.6. The van der Waals surface area contributed by atoms with Gasteiger partial charge in [-0.3, -0.25) is 24.2 Å². The molecule has 0 aromatic heterocycles. The summed E-state index contributed by atoms with van der Waals surface area (Å²) in [5, 5.41) is 9.89. The van der Waals surface area contributed by atoms with Crippen molar-refractivity contribution in [3.8, 4) is 11.5 Å². The number of benzene rings is 2. The van der Waals surface area contributed by atoms with Gasteiger partial charge >= 0.3 is 17.9 Å². The van der Waals surface area contributed by atoms with Crippen molar-refractivity contribution in [2.45, 2.75) is 90.7 Å². The Balaban J connectivity index is 1.61. The molecule has 2 atom stereocenters. The van der Waals surface area contributed by atoms with Gasteiger partial charge in [0.05, 0.1) is 31.2 Å². The molecule has 0 amide bonds. The number of aliphatic hydroxyl groups is 1. The summed E-state index contributed by atoms with van der Waals surface area (Å²) in [5.74, 6) is -1.11. The van der Waals surface area contributed by atoms with Gasteiger partial charge in [0.15, 0.2) is 5.78 Å². The molecule has 0 heterocycles. The van der Waals surface area contributed by atoms with E-state index in [9.17, 15) is 24.3 Å². The zero-order valence-electron chi connectivity index (χ0n) is 29.7. The third kappa shape index (κ3) is 12.6. The molecule has 2 aromatic rings. The second kappa shape index (κ2) is 19.4. The van der Waals surface area contributed by atoms with E-state index in [1.807, 2.05) is 43.4 Å². The number of nitrogens with zero attached hydrogens (tertiary/aromatic N) is 1. The molecule has 0 fully saturated rings. The summed E-state index contributed by atoms with van der Waals surface area (Å²) < 4.78 is 21.9. The fourth-order valence-corrected chi connectivity index (χ4v) is 5.15. The topological polar surface area (TPSA) is 138 Å². The summed E-state index contributed by atoms with van der Waals surface area (Å²) in [6.07, 6.45) is 9.82. The van der Waals surface area contributed by atoms with Gasteiger partial charge in [0.1, 0.15) is 30.3 Å². The molecule has 2 unspecified atom stereocenters. The Bertz CT molecular complexity index is 1600. The molecule has 0 saturated carbocycles. The minimum atomic E-state index is -1.48. The van der Waals surface area contributed by atoms with Crippen LogP contribution in [0, 0.1) is 0 Å². The van der Waals surface area contributed by atoms with Crippen LogP contribution in [0.4, 0.5) is 0 Å². The van der Waals surface area contributed by atoms with Crippen LogP contribution in [0.2, 0.25) is 0 Å². The van der Waals surface area contributed by atoms with Crippen LogP contribution in [-0.2, 0) is 30.3 Å². The summed E-state index contributed by atoms with van der Waals surface area (Å²) in [5.41, 5.74) is 2.22.